The van der Waals surface area contributed by atoms with Gasteiger partial charge in [0, 0.05) is 0 Å². The highest BCUT2D eigenvalue weighted by molar-refractivity contribution is 5.98. The normalized spacial score (nSPS) is 32.9. The zero-order valence-electron chi connectivity index (χ0n) is 14.6. The maximum absolute atomic E-state index is 12.3. The topological polar surface area (TPSA) is 156 Å². The number of aliphatic hydroxyl groups is 4. The van der Waals surface area contributed by atoms with Crippen LogP contribution in [-0.4, -0.2) is 84.2 Å². The molecular weight excluding hydrogens is 366 g/mol. The molecule has 1 fully saturated rings. The van der Waals surface area contributed by atoms with Gasteiger partial charge in [-0.2, -0.15) is 0 Å². The molecule has 1 aromatic carbocycles. The Kier molecular flexibility index (Phi) is 5.69. The van der Waals surface area contributed by atoms with Crippen molar-refractivity contribution in [2.24, 2.45) is 0 Å². The lowest BCUT2D eigenvalue weighted by Crippen LogP contribution is -2.60. The van der Waals surface area contributed by atoms with Crippen molar-refractivity contribution in [3.8, 4) is 17.2 Å². The van der Waals surface area contributed by atoms with Gasteiger partial charge in [0.05, 0.1) is 26.5 Å². The summed E-state index contributed by atoms with van der Waals surface area (Å²) in [7, 11) is 2.83. The minimum Gasteiger partial charge on any atom is -0.493 e. The van der Waals surface area contributed by atoms with Gasteiger partial charge in [0.2, 0.25) is 5.75 Å². The number of amides is 1. The van der Waals surface area contributed by atoms with Crippen molar-refractivity contribution in [3.63, 3.8) is 0 Å². The number of carbonyl (C=O) groups is 1. The van der Waals surface area contributed by atoms with Crippen molar-refractivity contribution in [2.45, 2.75) is 37.0 Å². The molecule has 150 valence electrons. The van der Waals surface area contributed by atoms with Gasteiger partial charge in [-0.1, -0.05) is 0 Å². The molecule has 6 atom stereocenters. The van der Waals surface area contributed by atoms with Crippen LogP contribution in [0.3, 0.4) is 0 Å². The van der Waals surface area contributed by atoms with Crippen LogP contribution in [0.1, 0.15) is 0 Å². The van der Waals surface area contributed by atoms with Gasteiger partial charge in [0.25, 0.3) is 12.2 Å². The third-order valence-corrected chi connectivity index (χ3v) is 4.30. The minimum atomic E-state index is -1.67. The van der Waals surface area contributed by atoms with Crippen LogP contribution in [0.25, 0.3) is 0 Å². The molecule has 0 aromatic heterocycles. The molecule has 5 N–H and O–H groups in total. The van der Waals surface area contributed by atoms with Crippen LogP contribution in [0.2, 0.25) is 0 Å². The Morgan fingerprint density at radius 1 is 1.11 bits per heavy atom. The van der Waals surface area contributed by atoms with E-state index < -0.39 is 49.5 Å². The first-order valence-electron chi connectivity index (χ1n) is 8.09. The zero-order valence-corrected chi connectivity index (χ0v) is 14.6. The summed E-state index contributed by atoms with van der Waals surface area (Å²) in [6.45, 7) is -0.629. The number of carbonyl (C=O) groups excluding carboxylic acids is 1. The molecule has 11 nitrogen and oxygen atoms in total. The molecule has 0 spiro atoms. The smallest absolute Gasteiger partial charge is 0.294 e. The van der Waals surface area contributed by atoms with Crippen molar-refractivity contribution in [3.05, 3.63) is 12.1 Å². The third-order valence-electron chi connectivity index (χ3n) is 4.30. The first kappa shape index (κ1) is 19.6. The van der Waals surface area contributed by atoms with E-state index in [1.165, 1.54) is 14.2 Å². The second kappa shape index (κ2) is 7.84. The van der Waals surface area contributed by atoms with Crippen LogP contribution in [0.5, 0.6) is 17.2 Å². The van der Waals surface area contributed by atoms with E-state index in [2.05, 4.69) is 5.32 Å². The Hall–Kier alpha value is -2.15. The van der Waals surface area contributed by atoms with Gasteiger partial charge < -0.3 is 49.4 Å². The molecule has 2 aliphatic heterocycles. The summed E-state index contributed by atoms with van der Waals surface area (Å²) < 4.78 is 26.6. The third kappa shape index (κ3) is 3.52. The predicted molar refractivity (Wildman–Crippen MR) is 87.4 cm³/mol. The number of methoxy groups -OCH3 is 2. The number of fused-ring (bicyclic) bond motifs is 1. The van der Waals surface area contributed by atoms with Crippen LogP contribution in [0.4, 0.5) is 5.69 Å². The zero-order chi connectivity index (χ0) is 19.7. The van der Waals surface area contributed by atoms with Gasteiger partial charge >= 0.3 is 0 Å². The van der Waals surface area contributed by atoms with E-state index in [1.54, 1.807) is 12.1 Å². The van der Waals surface area contributed by atoms with Crippen molar-refractivity contribution in [1.29, 1.82) is 0 Å². The second-order valence-corrected chi connectivity index (χ2v) is 5.95. The molecule has 27 heavy (non-hydrogen) atoms. The van der Waals surface area contributed by atoms with E-state index in [1.807, 2.05) is 0 Å². The van der Waals surface area contributed by atoms with Crippen LogP contribution in [-0.2, 0) is 14.3 Å². The summed E-state index contributed by atoms with van der Waals surface area (Å²) in [6.07, 6.45) is -9.13. The predicted octanol–water partition coefficient (Wildman–Crippen LogP) is -1.82. The van der Waals surface area contributed by atoms with Crippen molar-refractivity contribution in [1.82, 2.24) is 0 Å². The summed E-state index contributed by atoms with van der Waals surface area (Å²) in [6, 6.07) is 3.14. The monoisotopic (exact) mass is 387 g/mol. The first-order chi connectivity index (χ1) is 12.9. The van der Waals surface area contributed by atoms with Crippen molar-refractivity contribution >= 4 is 11.6 Å². The Labute approximate surface area is 154 Å². The quantitative estimate of drug-likeness (QED) is 0.390. The number of aliphatic hydroxyl groups excluding tert-OH is 4. The number of rotatable bonds is 5. The average Bonchev–Trinajstić information content (AvgIpc) is 2.67. The van der Waals surface area contributed by atoms with Crippen LogP contribution < -0.4 is 19.5 Å². The Balaban J connectivity index is 1.82. The molecule has 1 aromatic rings. The Morgan fingerprint density at radius 3 is 2.48 bits per heavy atom. The molecule has 3 rings (SSSR count). The van der Waals surface area contributed by atoms with E-state index in [-0.39, 0.29) is 11.5 Å². The molecule has 1 saturated heterocycles. The van der Waals surface area contributed by atoms with Gasteiger partial charge in [-0.25, -0.2) is 0 Å². The molecule has 1 amide bonds. The van der Waals surface area contributed by atoms with Gasteiger partial charge in [0.1, 0.15) is 24.4 Å². The lowest BCUT2D eigenvalue weighted by atomic mass is 9.99. The summed E-state index contributed by atoms with van der Waals surface area (Å²) in [5.41, 5.74) is 0.325. The molecule has 0 radical (unpaired) electrons. The van der Waals surface area contributed by atoms with Gasteiger partial charge in [0.15, 0.2) is 17.8 Å². The summed E-state index contributed by atoms with van der Waals surface area (Å²) in [5, 5.41) is 41.4. The number of benzene rings is 1. The number of hydrogen-bond donors (Lipinski definition) is 5. The Morgan fingerprint density at radius 2 is 1.85 bits per heavy atom. The number of ether oxygens (including phenoxy) is 5. The fourth-order valence-corrected chi connectivity index (χ4v) is 2.86. The van der Waals surface area contributed by atoms with Crippen LogP contribution in [0, 0.1) is 0 Å². The number of anilines is 1. The molecule has 6 unspecified atom stereocenters. The largest absolute Gasteiger partial charge is 0.493 e. The van der Waals surface area contributed by atoms with E-state index >= 15 is 0 Å². The van der Waals surface area contributed by atoms with E-state index in [0.717, 1.165) is 0 Å². The van der Waals surface area contributed by atoms with Crippen LogP contribution in [0.15, 0.2) is 12.1 Å². The summed E-state index contributed by atoms with van der Waals surface area (Å²) >= 11 is 0. The number of nitrogens with one attached hydrogen (secondary N) is 1. The maximum atomic E-state index is 12.3. The number of hydrogen-bond acceptors (Lipinski definition) is 10. The van der Waals surface area contributed by atoms with Gasteiger partial charge in [-0.3, -0.25) is 4.79 Å². The SMILES string of the molecule is COc1ccc2c(c1OC)OC(OC1OC(CO)C(O)C(O)C1O)C(=O)N2. The lowest BCUT2D eigenvalue weighted by molar-refractivity contribution is -0.322. The minimum absolute atomic E-state index is 0.144. The Bertz CT molecular complexity index is 696. The van der Waals surface area contributed by atoms with Crippen LogP contribution >= 0.6 is 0 Å². The average molecular weight is 387 g/mol. The van der Waals surface area contributed by atoms with Crippen molar-refractivity contribution < 1.29 is 48.9 Å². The van der Waals surface area contributed by atoms with Gasteiger partial charge in [-0.05, 0) is 12.1 Å². The summed E-state index contributed by atoms with van der Waals surface area (Å²) in [5.74, 6) is 0.0362. The standard InChI is InChI=1S/C16H21NO10/c1-23-7-4-3-6-12(13(7)24-2)26-16(14(22)17-6)27-15-11(21)10(20)9(19)8(5-18)25-15/h3-4,8-11,15-16,18-21H,5H2,1-2H3,(H,17,22). The molecule has 0 aliphatic carbocycles. The maximum Gasteiger partial charge on any atom is 0.294 e. The fourth-order valence-electron chi connectivity index (χ4n) is 2.86. The van der Waals surface area contributed by atoms with E-state index in [9.17, 15) is 25.2 Å². The van der Waals surface area contributed by atoms with E-state index in [0.29, 0.717) is 11.4 Å². The molecule has 11 heteroatoms. The highest BCUT2D eigenvalue weighted by Gasteiger charge is 2.46. The molecule has 0 bridgehead atoms. The highest BCUT2D eigenvalue weighted by Crippen LogP contribution is 2.45. The fraction of sp³-hybridized carbons (Fsp3) is 0.562. The first-order valence-corrected chi connectivity index (χ1v) is 8.09. The lowest BCUT2D eigenvalue weighted by Gasteiger charge is -2.40. The summed E-state index contributed by atoms with van der Waals surface area (Å²) in [4.78, 5) is 12.3. The molecular formula is C16H21NO10. The van der Waals surface area contributed by atoms with Gasteiger partial charge in [-0.15, -0.1) is 0 Å². The highest BCUT2D eigenvalue weighted by atomic mass is 16.8. The van der Waals surface area contributed by atoms with Crippen molar-refractivity contribution in [2.75, 3.05) is 26.1 Å². The molecule has 2 heterocycles. The second-order valence-electron chi connectivity index (χ2n) is 5.95. The van der Waals surface area contributed by atoms with E-state index in [4.69, 9.17) is 23.7 Å². The molecule has 0 saturated carbocycles. The molecule has 2 aliphatic rings.